The zero-order valence-electron chi connectivity index (χ0n) is 45.8. The molecule has 398 valence electrons. The Morgan fingerprint density at radius 3 is 0.957 bits per heavy atom. The van der Waals surface area contributed by atoms with E-state index >= 15 is 0 Å². The van der Waals surface area contributed by atoms with Crippen LogP contribution in [0.5, 0.6) is 0 Å². The molecule has 0 bridgehead atoms. The summed E-state index contributed by atoms with van der Waals surface area (Å²) >= 11 is 0. The SMILES string of the molecule is CC/C=C\C/C=C\C/C=C\C/C=C\C/C=C\C/C=C\C/C=C\CCCCCCCCCCCCCC(=O)NC(CO)C(O)/C=C/CCCCCCCCCCCCCCCCCCCCCCCC. The van der Waals surface area contributed by atoms with E-state index in [1.54, 1.807) is 6.08 Å². The third-order valence-corrected chi connectivity index (χ3v) is 13.3. The average molecular weight is 959 g/mol. The van der Waals surface area contributed by atoms with Crippen molar-refractivity contribution in [1.29, 1.82) is 0 Å². The number of nitrogens with one attached hydrogen (secondary N) is 1. The largest absolute Gasteiger partial charge is 0.394 e. The second-order valence-corrected chi connectivity index (χ2v) is 20.0. The minimum atomic E-state index is -0.847. The van der Waals surface area contributed by atoms with Crippen LogP contribution in [0.25, 0.3) is 0 Å². The van der Waals surface area contributed by atoms with Gasteiger partial charge in [-0.3, -0.25) is 4.79 Å². The highest BCUT2D eigenvalue weighted by molar-refractivity contribution is 5.76. The average Bonchev–Trinajstić information content (AvgIpc) is 3.35. The lowest BCUT2D eigenvalue weighted by atomic mass is 10.0. The lowest BCUT2D eigenvalue weighted by Gasteiger charge is -2.20. The number of hydrogen-bond donors (Lipinski definition) is 3. The zero-order chi connectivity index (χ0) is 49.9. The quantitative estimate of drug-likeness (QED) is 0.0420. The number of carbonyl (C=O) groups is 1. The van der Waals surface area contributed by atoms with Crippen LogP contribution in [0.4, 0.5) is 0 Å². The summed E-state index contributed by atoms with van der Waals surface area (Å²) in [4.78, 5) is 12.5. The first-order valence-electron chi connectivity index (χ1n) is 30.0. The fourth-order valence-electron chi connectivity index (χ4n) is 8.81. The van der Waals surface area contributed by atoms with Gasteiger partial charge in [0.25, 0.3) is 0 Å². The first-order chi connectivity index (χ1) is 34.2. The van der Waals surface area contributed by atoms with E-state index in [9.17, 15) is 15.0 Å². The lowest BCUT2D eigenvalue weighted by molar-refractivity contribution is -0.123. The Morgan fingerprint density at radius 1 is 0.362 bits per heavy atom. The van der Waals surface area contributed by atoms with Crippen LogP contribution in [0.2, 0.25) is 0 Å². The van der Waals surface area contributed by atoms with Crippen LogP contribution in [0.15, 0.2) is 97.2 Å². The molecule has 4 heteroatoms. The minimum Gasteiger partial charge on any atom is -0.394 e. The van der Waals surface area contributed by atoms with Crippen molar-refractivity contribution in [2.24, 2.45) is 0 Å². The maximum absolute atomic E-state index is 12.5. The molecule has 0 rings (SSSR count). The summed E-state index contributed by atoms with van der Waals surface area (Å²) in [5.74, 6) is -0.0681. The monoisotopic (exact) mass is 958 g/mol. The maximum atomic E-state index is 12.5. The first-order valence-corrected chi connectivity index (χ1v) is 30.0. The van der Waals surface area contributed by atoms with Crippen molar-refractivity contribution < 1.29 is 15.0 Å². The molecular formula is C65H115NO3. The first kappa shape index (κ1) is 66.3. The molecule has 0 aromatic carbocycles. The molecule has 0 aliphatic carbocycles. The highest BCUT2D eigenvalue weighted by atomic mass is 16.3. The molecular weight excluding hydrogens is 843 g/mol. The highest BCUT2D eigenvalue weighted by Crippen LogP contribution is 2.17. The molecule has 3 N–H and O–H groups in total. The predicted octanol–water partition coefficient (Wildman–Crippen LogP) is 20.1. The molecule has 0 radical (unpaired) electrons. The molecule has 0 aromatic rings. The molecule has 0 aliphatic heterocycles. The van der Waals surface area contributed by atoms with Gasteiger partial charge in [-0.2, -0.15) is 0 Å². The van der Waals surface area contributed by atoms with Gasteiger partial charge in [0.05, 0.1) is 18.8 Å². The number of unbranched alkanes of at least 4 members (excludes halogenated alkanes) is 33. The van der Waals surface area contributed by atoms with E-state index in [1.807, 2.05) is 6.08 Å². The molecule has 0 fully saturated rings. The Morgan fingerprint density at radius 2 is 0.638 bits per heavy atom. The molecule has 1 amide bonds. The molecule has 0 saturated heterocycles. The number of hydrogen-bond acceptors (Lipinski definition) is 3. The van der Waals surface area contributed by atoms with Gasteiger partial charge in [-0.25, -0.2) is 0 Å². The number of allylic oxidation sites excluding steroid dienone is 15. The molecule has 0 spiro atoms. The molecule has 2 unspecified atom stereocenters. The number of aliphatic hydroxyl groups is 2. The van der Waals surface area contributed by atoms with Gasteiger partial charge < -0.3 is 15.5 Å². The normalized spacial score (nSPS) is 13.5. The summed E-state index contributed by atoms with van der Waals surface area (Å²) in [7, 11) is 0. The van der Waals surface area contributed by atoms with Crippen LogP contribution < -0.4 is 5.32 Å². The van der Waals surface area contributed by atoms with Crippen molar-refractivity contribution in [2.45, 2.75) is 302 Å². The topological polar surface area (TPSA) is 69.6 Å². The summed E-state index contributed by atoms with van der Waals surface area (Å²) in [6.07, 6.45) is 88.6. The van der Waals surface area contributed by atoms with Gasteiger partial charge in [-0.1, -0.05) is 304 Å². The van der Waals surface area contributed by atoms with E-state index in [-0.39, 0.29) is 12.5 Å². The van der Waals surface area contributed by atoms with Crippen LogP contribution in [0.1, 0.15) is 290 Å². The van der Waals surface area contributed by atoms with Crippen LogP contribution in [-0.2, 0) is 4.79 Å². The third kappa shape index (κ3) is 56.1. The Bertz CT molecular complexity index is 1270. The fourth-order valence-corrected chi connectivity index (χ4v) is 8.81. The molecule has 0 aliphatic rings. The highest BCUT2D eigenvalue weighted by Gasteiger charge is 2.18. The molecule has 0 aromatic heterocycles. The number of rotatable bonds is 54. The fraction of sp³-hybridized carbons (Fsp3) is 0.738. The number of amides is 1. The molecule has 0 saturated carbocycles. The van der Waals surface area contributed by atoms with E-state index in [2.05, 4.69) is 104 Å². The van der Waals surface area contributed by atoms with Crippen molar-refractivity contribution in [2.75, 3.05) is 6.61 Å². The summed E-state index contributed by atoms with van der Waals surface area (Å²) in [6, 6.07) is -0.631. The third-order valence-electron chi connectivity index (χ3n) is 13.3. The molecule has 4 nitrogen and oxygen atoms in total. The predicted molar refractivity (Wildman–Crippen MR) is 308 cm³/mol. The van der Waals surface area contributed by atoms with Gasteiger partial charge >= 0.3 is 0 Å². The van der Waals surface area contributed by atoms with E-state index in [0.717, 1.165) is 70.6 Å². The Kier molecular flexibility index (Phi) is 57.3. The van der Waals surface area contributed by atoms with Crippen molar-refractivity contribution in [1.82, 2.24) is 5.32 Å². The van der Waals surface area contributed by atoms with Crippen molar-refractivity contribution in [3.63, 3.8) is 0 Å². The van der Waals surface area contributed by atoms with Gasteiger partial charge in [0.15, 0.2) is 0 Å². The van der Waals surface area contributed by atoms with Crippen LogP contribution in [0.3, 0.4) is 0 Å². The van der Waals surface area contributed by atoms with Crippen molar-refractivity contribution >= 4 is 5.91 Å². The van der Waals surface area contributed by atoms with E-state index < -0.39 is 12.1 Å². The van der Waals surface area contributed by atoms with Crippen LogP contribution >= 0.6 is 0 Å². The van der Waals surface area contributed by atoms with E-state index in [0.29, 0.717) is 6.42 Å². The van der Waals surface area contributed by atoms with Gasteiger partial charge in [-0.05, 0) is 77.0 Å². The molecule has 69 heavy (non-hydrogen) atoms. The van der Waals surface area contributed by atoms with Gasteiger partial charge in [0.2, 0.25) is 5.91 Å². The van der Waals surface area contributed by atoms with Crippen molar-refractivity contribution in [3.8, 4) is 0 Å². The maximum Gasteiger partial charge on any atom is 0.220 e. The van der Waals surface area contributed by atoms with Gasteiger partial charge in [0, 0.05) is 6.42 Å². The van der Waals surface area contributed by atoms with Crippen molar-refractivity contribution in [3.05, 3.63) is 97.2 Å². The van der Waals surface area contributed by atoms with E-state index in [1.165, 1.54) is 199 Å². The summed E-state index contributed by atoms with van der Waals surface area (Å²) in [5.41, 5.74) is 0. The summed E-state index contributed by atoms with van der Waals surface area (Å²) in [6.45, 7) is 4.21. The molecule has 2 atom stereocenters. The number of aliphatic hydroxyl groups excluding tert-OH is 2. The van der Waals surface area contributed by atoms with Gasteiger partial charge in [-0.15, -0.1) is 0 Å². The second kappa shape index (κ2) is 59.6. The Labute approximate surface area is 430 Å². The second-order valence-electron chi connectivity index (χ2n) is 20.0. The Hall–Kier alpha value is -2.69. The Balaban J connectivity index is 3.55. The molecule has 0 heterocycles. The van der Waals surface area contributed by atoms with Gasteiger partial charge in [0.1, 0.15) is 0 Å². The number of carbonyl (C=O) groups excluding carboxylic acids is 1. The summed E-state index contributed by atoms with van der Waals surface area (Å²) in [5, 5.41) is 23.2. The zero-order valence-corrected chi connectivity index (χ0v) is 45.8. The lowest BCUT2D eigenvalue weighted by Crippen LogP contribution is -2.45. The van der Waals surface area contributed by atoms with Crippen LogP contribution in [0, 0.1) is 0 Å². The standard InChI is InChI=1S/C65H115NO3/c1-3-5-7-9-11-13-15-17-19-21-23-25-27-29-30-31-32-33-34-35-36-37-39-41-43-45-47-49-51-53-55-57-59-61-65(69)66-63(62-67)64(68)60-58-56-54-52-50-48-46-44-42-40-38-28-26-24-22-20-18-16-14-12-10-8-6-4-2/h5,7,11,13,17,19,23,25,29-30,32-33,35-36,58,60,63-64,67-68H,3-4,6,8-10,12,14-16,18,20-22,24,26-28,31,34,37-57,59,61-62H2,1-2H3,(H,66,69)/b7-5-,13-11-,19-17-,25-23-,30-29-,33-32-,36-35-,60-58+. The smallest absolute Gasteiger partial charge is 0.220 e. The van der Waals surface area contributed by atoms with E-state index in [4.69, 9.17) is 0 Å². The minimum absolute atomic E-state index is 0.0681. The van der Waals surface area contributed by atoms with Crippen LogP contribution in [-0.4, -0.2) is 34.9 Å². The summed E-state index contributed by atoms with van der Waals surface area (Å²) < 4.78 is 0.